The molecule has 4 nitrogen and oxygen atoms in total. The topological polar surface area (TPSA) is 66.8 Å². The summed E-state index contributed by atoms with van der Waals surface area (Å²) in [6.45, 7) is 0. The SMILES string of the molecule is O=P(O)(O)OC1CC2CCC1C2. The minimum Gasteiger partial charge on any atom is -0.303 e. The average Bonchev–Trinajstić information content (AvgIpc) is 2.42. The molecule has 0 aromatic rings. The first-order valence-electron chi connectivity index (χ1n) is 4.28. The Balaban J connectivity index is 1.95. The van der Waals surface area contributed by atoms with Crippen molar-refractivity contribution in [2.45, 2.75) is 31.8 Å². The number of phosphoric acid groups is 1. The quantitative estimate of drug-likeness (QED) is 0.647. The van der Waals surface area contributed by atoms with Crippen LogP contribution in [0.3, 0.4) is 0 Å². The highest BCUT2D eigenvalue weighted by Gasteiger charge is 2.42. The Kier molecular flexibility index (Phi) is 2.04. The van der Waals surface area contributed by atoms with Crippen molar-refractivity contribution in [2.75, 3.05) is 0 Å². The first kappa shape index (κ1) is 8.70. The molecule has 0 heterocycles. The molecular weight excluding hydrogens is 179 g/mol. The van der Waals surface area contributed by atoms with Gasteiger partial charge in [-0.3, -0.25) is 4.52 Å². The molecule has 2 fully saturated rings. The van der Waals surface area contributed by atoms with Crippen molar-refractivity contribution in [2.24, 2.45) is 11.8 Å². The van der Waals surface area contributed by atoms with E-state index >= 15 is 0 Å². The predicted molar refractivity (Wildman–Crippen MR) is 42.4 cm³/mol. The molecule has 0 saturated heterocycles. The fraction of sp³-hybridized carbons (Fsp3) is 1.00. The molecular formula is C7H13O4P. The van der Waals surface area contributed by atoms with Crippen molar-refractivity contribution in [3.8, 4) is 0 Å². The van der Waals surface area contributed by atoms with Crippen molar-refractivity contribution in [1.82, 2.24) is 0 Å². The molecule has 2 aliphatic carbocycles. The van der Waals surface area contributed by atoms with Crippen LogP contribution in [0.2, 0.25) is 0 Å². The van der Waals surface area contributed by atoms with Gasteiger partial charge in [0.25, 0.3) is 0 Å². The van der Waals surface area contributed by atoms with Gasteiger partial charge < -0.3 is 9.79 Å². The second kappa shape index (κ2) is 2.81. The zero-order valence-electron chi connectivity index (χ0n) is 6.72. The van der Waals surface area contributed by atoms with Gasteiger partial charge in [0.05, 0.1) is 6.10 Å². The molecule has 0 aromatic carbocycles. The van der Waals surface area contributed by atoms with Gasteiger partial charge in [0.2, 0.25) is 0 Å². The maximum atomic E-state index is 10.5. The highest BCUT2D eigenvalue weighted by Crippen LogP contribution is 2.51. The van der Waals surface area contributed by atoms with Gasteiger partial charge in [-0.05, 0) is 37.5 Å². The molecule has 70 valence electrons. The molecule has 0 amide bonds. The Labute approximate surface area is 71.2 Å². The van der Waals surface area contributed by atoms with Gasteiger partial charge >= 0.3 is 7.82 Å². The number of hydrogen-bond acceptors (Lipinski definition) is 2. The van der Waals surface area contributed by atoms with Crippen LogP contribution in [0.5, 0.6) is 0 Å². The van der Waals surface area contributed by atoms with Crippen LogP contribution in [0.25, 0.3) is 0 Å². The number of rotatable bonds is 2. The molecule has 2 bridgehead atoms. The molecule has 12 heavy (non-hydrogen) atoms. The fourth-order valence-electron chi connectivity index (χ4n) is 2.49. The average molecular weight is 192 g/mol. The summed E-state index contributed by atoms with van der Waals surface area (Å²) in [5.41, 5.74) is 0. The molecule has 2 aliphatic rings. The summed E-state index contributed by atoms with van der Waals surface area (Å²) < 4.78 is 15.2. The van der Waals surface area contributed by atoms with Crippen molar-refractivity contribution in [3.63, 3.8) is 0 Å². The van der Waals surface area contributed by atoms with Gasteiger partial charge in [-0.25, -0.2) is 4.57 Å². The Morgan fingerprint density at radius 3 is 2.42 bits per heavy atom. The van der Waals surface area contributed by atoms with Crippen LogP contribution in [0.1, 0.15) is 25.7 Å². The first-order chi connectivity index (χ1) is 5.54. The summed E-state index contributed by atoms with van der Waals surface area (Å²) in [6, 6.07) is 0. The van der Waals surface area contributed by atoms with E-state index in [0.29, 0.717) is 11.8 Å². The van der Waals surface area contributed by atoms with Gasteiger partial charge in [0.1, 0.15) is 0 Å². The van der Waals surface area contributed by atoms with E-state index in [1.54, 1.807) is 0 Å². The molecule has 0 spiro atoms. The van der Waals surface area contributed by atoms with Gasteiger partial charge in [-0.1, -0.05) is 0 Å². The number of fused-ring (bicyclic) bond motifs is 2. The highest BCUT2D eigenvalue weighted by atomic mass is 31.2. The zero-order valence-corrected chi connectivity index (χ0v) is 7.61. The lowest BCUT2D eigenvalue weighted by Crippen LogP contribution is -2.18. The molecule has 2 N–H and O–H groups in total. The van der Waals surface area contributed by atoms with Crippen LogP contribution in [0, 0.1) is 11.8 Å². The number of hydrogen-bond donors (Lipinski definition) is 2. The third kappa shape index (κ3) is 1.72. The molecule has 2 saturated carbocycles. The van der Waals surface area contributed by atoms with Gasteiger partial charge in [0, 0.05) is 0 Å². The highest BCUT2D eigenvalue weighted by molar-refractivity contribution is 7.46. The summed E-state index contributed by atoms with van der Waals surface area (Å²) in [5, 5.41) is 0. The van der Waals surface area contributed by atoms with E-state index in [-0.39, 0.29) is 6.10 Å². The van der Waals surface area contributed by atoms with Crippen molar-refractivity contribution in [3.05, 3.63) is 0 Å². The first-order valence-corrected chi connectivity index (χ1v) is 5.81. The van der Waals surface area contributed by atoms with Crippen molar-refractivity contribution < 1.29 is 18.9 Å². The summed E-state index contributed by atoms with van der Waals surface area (Å²) in [5.74, 6) is 1.06. The third-order valence-electron chi connectivity index (χ3n) is 2.95. The third-order valence-corrected chi connectivity index (χ3v) is 3.49. The standard InChI is InChI=1S/C7H13O4P/c8-12(9,10)11-7-4-5-1-2-6(7)3-5/h5-7H,1-4H2,(H2,8,9,10). The number of phosphoric ester groups is 1. The fourth-order valence-corrected chi connectivity index (χ4v) is 3.10. The lowest BCUT2D eigenvalue weighted by atomic mass is 9.98. The minimum atomic E-state index is -4.24. The summed E-state index contributed by atoms with van der Waals surface area (Å²) in [4.78, 5) is 17.2. The van der Waals surface area contributed by atoms with Gasteiger partial charge in [-0.2, -0.15) is 0 Å². The van der Waals surface area contributed by atoms with Crippen LogP contribution in [0.4, 0.5) is 0 Å². The molecule has 5 heteroatoms. The summed E-state index contributed by atoms with van der Waals surface area (Å²) in [6.07, 6.45) is 4.06. The molecule has 0 radical (unpaired) electrons. The van der Waals surface area contributed by atoms with Crippen LogP contribution in [0.15, 0.2) is 0 Å². The van der Waals surface area contributed by atoms with Crippen LogP contribution < -0.4 is 0 Å². The van der Waals surface area contributed by atoms with E-state index in [1.807, 2.05) is 0 Å². The van der Waals surface area contributed by atoms with E-state index < -0.39 is 7.82 Å². The molecule has 2 rings (SSSR count). The van der Waals surface area contributed by atoms with Crippen molar-refractivity contribution >= 4 is 7.82 Å². The molecule has 3 atom stereocenters. The Bertz CT molecular complexity index is 223. The molecule has 0 aliphatic heterocycles. The lowest BCUT2D eigenvalue weighted by molar-refractivity contribution is 0.0920. The second-order valence-electron chi connectivity index (χ2n) is 3.81. The smallest absolute Gasteiger partial charge is 0.303 e. The van der Waals surface area contributed by atoms with Crippen molar-refractivity contribution in [1.29, 1.82) is 0 Å². The zero-order chi connectivity index (χ0) is 8.77. The van der Waals surface area contributed by atoms with E-state index in [4.69, 9.17) is 14.3 Å². The second-order valence-corrected chi connectivity index (χ2v) is 5.00. The van der Waals surface area contributed by atoms with E-state index in [9.17, 15) is 4.57 Å². The summed E-state index contributed by atoms with van der Waals surface area (Å²) >= 11 is 0. The van der Waals surface area contributed by atoms with E-state index in [2.05, 4.69) is 0 Å². The summed E-state index contributed by atoms with van der Waals surface area (Å²) in [7, 11) is -4.24. The largest absolute Gasteiger partial charge is 0.469 e. The minimum absolute atomic E-state index is 0.176. The van der Waals surface area contributed by atoms with E-state index in [0.717, 1.165) is 19.3 Å². The molecule has 0 aromatic heterocycles. The monoisotopic (exact) mass is 192 g/mol. The predicted octanol–water partition coefficient (Wildman–Crippen LogP) is 1.28. The van der Waals surface area contributed by atoms with Crippen LogP contribution >= 0.6 is 7.82 Å². The van der Waals surface area contributed by atoms with Gasteiger partial charge in [0.15, 0.2) is 0 Å². The Hall–Kier alpha value is 0.110. The lowest BCUT2D eigenvalue weighted by Gasteiger charge is -2.21. The molecule has 3 unspecified atom stereocenters. The normalized spacial score (nSPS) is 40.7. The maximum Gasteiger partial charge on any atom is 0.469 e. The maximum absolute atomic E-state index is 10.5. The van der Waals surface area contributed by atoms with Gasteiger partial charge in [-0.15, -0.1) is 0 Å². The van der Waals surface area contributed by atoms with E-state index in [1.165, 1.54) is 6.42 Å². The van der Waals surface area contributed by atoms with Crippen LogP contribution in [-0.4, -0.2) is 15.9 Å². The Morgan fingerprint density at radius 2 is 2.00 bits per heavy atom. The Morgan fingerprint density at radius 1 is 1.25 bits per heavy atom. The van der Waals surface area contributed by atoms with Crippen LogP contribution in [-0.2, 0) is 9.09 Å².